The Kier molecular flexibility index (Phi) is 4.31. The largest absolute Gasteiger partial charge is 0.373 e. The second kappa shape index (κ2) is 5.97. The summed E-state index contributed by atoms with van der Waals surface area (Å²) >= 11 is 3.31. The number of halogens is 2. The highest BCUT2D eigenvalue weighted by Gasteiger charge is 2.06. The zero-order valence-corrected chi connectivity index (χ0v) is 12.3. The Bertz CT molecular complexity index is 567. The maximum absolute atomic E-state index is 13.0. The van der Waals surface area contributed by atoms with Gasteiger partial charge in [0.1, 0.15) is 23.3 Å². The molecule has 0 fully saturated rings. The zero-order valence-electron chi connectivity index (χ0n) is 10.7. The molecule has 0 spiro atoms. The minimum absolute atomic E-state index is 0.287. The van der Waals surface area contributed by atoms with Crippen molar-refractivity contribution < 1.29 is 4.39 Å². The summed E-state index contributed by atoms with van der Waals surface area (Å²) in [5.41, 5.74) is 0.754. The topological polar surface area (TPSA) is 49.8 Å². The minimum Gasteiger partial charge on any atom is -0.373 e. The van der Waals surface area contributed by atoms with Gasteiger partial charge in [-0.2, -0.15) is 0 Å². The number of anilines is 3. The first-order chi connectivity index (χ1) is 9.12. The average molecular weight is 325 g/mol. The first-order valence-corrected chi connectivity index (χ1v) is 6.69. The number of benzene rings is 1. The molecule has 2 rings (SSSR count). The molecule has 0 radical (unpaired) electrons. The quantitative estimate of drug-likeness (QED) is 0.899. The van der Waals surface area contributed by atoms with Gasteiger partial charge < -0.3 is 10.6 Å². The van der Waals surface area contributed by atoms with Crippen LogP contribution in [0.4, 0.5) is 21.7 Å². The molecule has 0 saturated heterocycles. The lowest BCUT2D eigenvalue weighted by Gasteiger charge is -2.10. The van der Waals surface area contributed by atoms with Crippen LogP contribution in [0.2, 0.25) is 0 Å². The molecule has 1 aromatic carbocycles. The fraction of sp³-hybridized carbons (Fsp3) is 0.231. The van der Waals surface area contributed by atoms with E-state index in [-0.39, 0.29) is 5.82 Å². The first-order valence-electron chi connectivity index (χ1n) is 5.90. The Labute approximate surface area is 119 Å². The summed E-state index contributed by atoms with van der Waals surface area (Å²) in [6, 6.07) is 6.26. The highest BCUT2D eigenvalue weighted by Crippen LogP contribution is 2.26. The van der Waals surface area contributed by atoms with Crippen molar-refractivity contribution in [3.8, 4) is 0 Å². The van der Waals surface area contributed by atoms with Crippen molar-refractivity contribution in [1.29, 1.82) is 0 Å². The fourth-order valence-corrected chi connectivity index (χ4v) is 2.03. The maximum atomic E-state index is 13.0. The van der Waals surface area contributed by atoms with E-state index in [9.17, 15) is 4.39 Å². The molecular formula is C13H14BrFN4. The highest BCUT2D eigenvalue weighted by molar-refractivity contribution is 9.10. The van der Waals surface area contributed by atoms with Crippen LogP contribution in [0.3, 0.4) is 0 Å². The van der Waals surface area contributed by atoms with Crippen LogP contribution in [0.5, 0.6) is 0 Å². The Hall–Kier alpha value is -1.69. The smallest absolute Gasteiger partial charge is 0.136 e. The second-order valence-corrected chi connectivity index (χ2v) is 4.76. The number of aryl methyl sites for hydroxylation is 1. The number of nitrogens with zero attached hydrogens (tertiary/aromatic N) is 2. The molecule has 0 aliphatic heterocycles. The molecule has 0 saturated carbocycles. The molecule has 0 bridgehead atoms. The summed E-state index contributed by atoms with van der Waals surface area (Å²) in [5, 5.41) is 6.13. The van der Waals surface area contributed by atoms with Gasteiger partial charge in [-0.1, -0.05) is 6.92 Å². The normalized spacial score (nSPS) is 10.3. The van der Waals surface area contributed by atoms with Crippen LogP contribution in [0.15, 0.2) is 28.7 Å². The number of aromatic nitrogens is 2. The minimum atomic E-state index is -0.287. The van der Waals surface area contributed by atoms with Crippen molar-refractivity contribution in [2.24, 2.45) is 0 Å². The van der Waals surface area contributed by atoms with Gasteiger partial charge in [0, 0.05) is 24.0 Å². The number of rotatable bonds is 4. The van der Waals surface area contributed by atoms with E-state index < -0.39 is 0 Å². The highest BCUT2D eigenvalue weighted by atomic mass is 79.9. The van der Waals surface area contributed by atoms with Gasteiger partial charge in [0.05, 0.1) is 5.69 Å². The van der Waals surface area contributed by atoms with E-state index in [2.05, 4.69) is 36.5 Å². The van der Waals surface area contributed by atoms with Crippen molar-refractivity contribution >= 4 is 33.3 Å². The van der Waals surface area contributed by atoms with Gasteiger partial charge in [0.25, 0.3) is 0 Å². The number of nitrogens with one attached hydrogen (secondary N) is 2. The van der Waals surface area contributed by atoms with Crippen LogP contribution in [-0.2, 0) is 6.42 Å². The van der Waals surface area contributed by atoms with Crippen molar-refractivity contribution in [3.05, 3.63) is 40.4 Å². The summed E-state index contributed by atoms with van der Waals surface area (Å²) in [6.45, 7) is 1.99. The summed E-state index contributed by atoms with van der Waals surface area (Å²) in [6.07, 6.45) is 0.745. The third-order valence-electron chi connectivity index (χ3n) is 2.54. The van der Waals surface area contributed by atoms with E-state index in [1.807, 2.05) is 6.92 Å². The van der Waals surface area contributed by atoms with Crippen molar-refractivity contribution in [2.45, 2.75) is 13.3 Å². The first kappa shape index (κ1) is 13.7. The Morgan fingerprint density at radius 1 is 1.21 bits per heavy atom. The van der Waals surface area contributed by atoms with Gasteiger partial charge in [-0.05, 0) is 34.1 Å². The van der Waals surface area contributed by atoms with Crippen LogP contribution in [-0.4, -0.2) is 17.0 Å². The van der Waals surface area contributed by atoms with E-state index >= 15 is 0 Å². The zero-order chi connectivity index (χ0) is 13.8. The van der Waals surface area contributed by atoms with Gasteiger partial charge in [-0.15, -0.1) is 0 Å². The van der Waals surface area contributed by atoms with E-state index in [0.717, 1.165) is 23.8 Å². The molecule has 0 aliphatic rings. The SMILES string of the molecule is CCc1nc(NC)cc(Nc2ccc(F)cc2Br)n1. The molecule has 100 valence electrons. The summed E-state index contributed by atoms with van der Waals surface area (Å²) in [4.78, 5) is 8.70. The molecule has 0 aliphatic carbocycles. The monoisotopic (exact) mass is 324 g/mol. The predicted octanol–water partition coefficient (Wildman–Crippen LogP) is 3.73. The molecule has 0 amide bonds. The van der Waals surface area contributed by atoms with Crippen molar-refractivity contribution in [3.63, 3.8) is 0 Å². The van der Waals surface area contributed by atoms with E-state index in [1.54, 1.807) is 19.2 Å². The third kappa shape index (κ3) is 3.41. The summed E-state index contributed by atoms with van der Waals surface area (Å²) in [5.74, 6) is 1.87. The second-order valence-electron chi connectivity index (χ2n) is 3.91. The van der Waals surface area contributed by atoms with Crippen LogP contribution < -0.4 is 10.6 Å². The molecule has 2 N–H and O–H groups in total. The molecule has 19 heavy (non-hydrogen) atoms. The van der Waals surface area contributed by atoms with Crippen LogP contribution in [0.1, 0.15) is 12.7 Å². The molecule has 2 aromatic rings. The maximum Gasteiger partial charge on any atom is 0.136 e. The predicted molar refractivity (Wildman–Crippen MR) is 78.3 cm³/mol. The van der Waals surface area contributed by atoms with Crippen LogP contribution >= 0.6 is 15.9 Å². The van der Waals surface area contributed by atoms with E-state index in [4.69, 9.17) is 0 Å². The Morgan fingerprint density at radius 2 is 1.95 bits per heavy atom. The molecule has 1 aromatic heterocycles. The third-order valence-corrected chi connectivity index (χ3v) is 3.19. The van der Waals surface area contributed by atoms with Gasteiger partial charge in [0.2, 0.25) is 0 Å². The Morgan fingerprint density at radius 3 is 2.58 bits per heavy atom. The standard InChI is InChI=1S/C13H14BrFN4/c1-3-11-18-12(16-2)7-13(19-11)17-10-5-4-8(15)6-9(10)14/h4-7H,3H2,1-2H3,(H2,16,17,18,19). The molecule has 1 heterocycles. The Balaban J connectivity index is 2.31. The number of hydrogen-bond donors (Lipinski definition) is 2. The molecule has 0 atom stereocenters. The average Bonchev–Trinajstić information content (AvgIpc) is 2.41. The molecule has 4 nitrogen and oxygen atoms in total. The van der Waals surface area contributed by atoms with Gasteiger partial charge >= 0.3 is 0 Å². The van der Waals surface area contributed by atoms with Gasteiger partial charge in [-0.25, -0.2) is 14.4 Å². The molecule has 6 heteroatoms. The van der Waals surface area contributed by atoms with Crippen molar-refractivity contribution in [1.82, 2.24) is 9.97 Å². The summed E-state index contributed by atoms with van der Waals surface area (Å²) in [7, 11) is 1.80. The van der Waals surface area contributed by atoms with Crippen LogP contribution in [0, 0.1) is 5.82 Å². The lowest BCUT2D eigenvalue weighted by atomic mass is 10.3. The summed E-state index contributed by atoms with van der Waals surface area (Å²) < 4.78 is 13.7. The van der Waals surface area contributed by atoms with E-state index in [1.165, 1.54) is 12.1 Å². The lowest BCUT2D eigenvalue weighted by Crippen LogP contribution is -2.03. The molecule has 0 unspecified atom stereocenters. The molecular weight excluding hydrogens is 311 g/mol. The number of hydrogen-bond acceptors (Lipinski definition) is 4. The van der Waals surface area contributed by atoms with E-state index in [0.29, 0.717) is 10.3 Å². The lowest BCUT2D eigenvalue weighted by molar-refractivity contribution is 0.627. The van der Waals surface area contributed by atoms with Crippen molar-refractivity contribution in [2.75, 3.05) is 17.7 Å². The van der Waals surface area contributed by atoms with Crippen LogP contribution in [0.25, 0.3) is 0 Å². The fourth-order valence-electron chi connectivity index (χ4n) is 1.58. The van der Waals surface area contributed by atoms with Gasteiger partial charge in [-0.3, -0.25) is 0 Å². The van der Waals surface area contributed by atoms with Gasteiger partial charge in [0.15, 0.2) is 0 Å².